The minimum atomic E-state index is 0.421. The summed E-state index contributed by atoms with van der Waals surface area (Å²) >= 11 is 6.90. The molecule has 3 nitrogen and oxygen atoms in total. The Morgan fingerprint density at radius 2 is 2.05 bits per heavy atom. The van der Waals surface area contributed by atoms with Gasteiger partial charge in [-0.05, 0) is 52.7 Å². The summed E-state index contributed by atoms with van der Waals surface area (Å²) in [7, 11) is 0. The lowest BCUT2D eigenvalue weighted by molar-refractivity contribution is 0.268. The molecule has 0 spiro atoms. The minimum Gasteiger partial charge on any atom is -0.484 e. The first-order valence-electron chi connectivity index (χ1n) is 6.89. The van der Waals surface area contributed by atoms with Gasteiger partial charge in [-0.15, -0.1) is 0 Å². The molecule has 2 aromatic rings. The number of hydrogen-bond donors (Lipinski definition) is 1. The fourth-order valence-corrected chi connectivity index (χ4v) is 3.00. The molecule has 0 aliphatic carbocycles. The van der Waals surface area contributed by atoms with Gasteiger partial charge in [0, 0.05) is 16.6 Å². The standard InChI is InChI=1S/C16H19Br2NO2/c1-11(2)7-19-8-12-5-14(20-9-12)10-21-16-4-3-13(17)6-15(16)18/h3-6,9,11,19H,7-8,10H2,1-2H3. The van der Waals surface area contributed by atoms with Gasteiger partial charge in [0.05, 0.1) is 10.7 Å². The fourth-order valence-electron chi connectivity index (χ4n) is 1.84. The monoisotopic (exact) mass is 415 g/mol. The van der Waals surface area contributed by atoms with Crippen LogP contribution in [0.2, 0.25) is 0 Å². The van der Waals surface area contributed by atoms with Crippen LogP contribution in [-0.2, 0) is 13.2 Å². The Labute approximate surface area is 142 Å². The summed E-state index contributed by atoms with van der Waals surface area (Å²) < 4.78 is 13.2. The predicted octanol–water partition coefficient (Wildman–Crippen LogP) is 5.13. The Morgan fingerprint density at radius 3 is 2.76 bits per heavy atom. The molecule has 0 unspecified atom stereocenters. The highest BCUT2D eigenvalue weighted by Gasteiger charge is 2.06. The van der Waals surface area contributed by atoms with E-state index in [4.69, 9.17) is 9.15 Å². The van der Waals surface area contributed by atoms with Crippen molar-refractivity contribution in [1.29, 1.82) is 0 Å². The van der Waals surface area contributed by atoms with Crippen LogP contribution in [0.5, 0.6) is 5.75 Å². The lowest BCUT2D eigenvalue weighted by Crippen LogP contribution is -2.18. The maximum Gasteiger partial charge on any atom is 0.146 e. The van der Waals surface area contributed by atoms with E-state index >= 15 is 0 Å². The number of furan rings is 1. The van der Waals surface area contributed by atoms with Crippen molar-refractivity contribution in [2.75, 3.05) is 6.54 Å². The summed E-state index contributed by atoms with van der Waals surface area (Å²) in [6.07, 6.45) is 1.78. The maximum absolute atomic E-state index is 5.75. The second kappa shape index (κ2) is 8.01. The van der Waals surface area contributed by atoms with Gasteiger partial charge >= 0.3 is 0 Å². The normalized spacial score (nSPS) is 11.1. The van der Waals surface area contributed by atoms with Gasteiger partial charge in [-0.25, -0.2) is 0 Å². The van der Waals surface area contributed by atoms with Crippen LogP contribution in [0.15, 0.2) is 43.9 Å². The van der Waals surface area contributed by atoms with E-state index in [9.17, 15) is 0 Å². The van der Waals surface area contributed by atoms with Crippen LogP contribution in [0.4, 0.5) is 0 Å². The van der Waals surface area contributed by atoms with Crippen molar-refractivity contribution in [3.8, 4) is 5.75 Å². The van der Waals surface area contributed by atoms with Gasteiger partial charge in [0.15, 0.2) is 0 Å². The summed E-state index contributed by atoms with van der Waals surface area (Å²) in [5.74, 6) is 2.27. The molecule has 5 heteroatoms. The van der Waals surface area contributed by atoms with Crippen molar-refractivity contribution in [2.45, 2.75) is 27.0 Å². The number of nitrogens with one attached hydrogen (secondary N) is 1. The lowest BCUT2D eigenvalue weighted by atomic mass is 10.2. The van der Waals surface area contributed by atoms with Crippen LogP contribution in [0.1, 0.15) is 25.2 Å². The van der Waals surface area contributed by atoms with Gasteiger partial charge in [-0.1, -0.05) is 29.8 Å². The second-order valence-corrected chi connectivity index (χ2v) is 7.08. The molecule has 0 amide bonds. The molecule has 1 aromatic heterocycles. The van der Waals surface area contributed by atoms with Crippen LogP contribution >= 0.6 is 31.9 Å². The van der Waals surface area contributed by atoms with Gasteiger partial charge in [0.2, 0.25) is 0 Å². The van der Waals surface area contributed by atoms with E-state index in [0.29, 0.717) is 12.5 Å². The first-order chi connectivity index (χ1) is 10.0. The Balaban J connectivity index is 1.85. The average molecular weight is 417 g/mol. The average Bonchev–Trinajstić information content (AvgIpc) is 2.85. The largest absolute Gasteiger partial charge is 0.484 e. The SMILES string of the molecule is CC(C)CNCc1coc(COc2ccc(Br)cc2Br)c1. The first kappa shape index (κ1) is 16.6. The van der Waals surface area contributed by atoms with Gasteiger partial charge in [-0.3, -0.25) is 0 Å². The zero-order valence-electron chi connectivity index (χ0n) is 12.2. The van der Waals surface area contributed by atoms with Crippen molar-refractivity contribution in [1.82, 2.24) is 5.32 Å². The third-order valence-electron chi connectivity index (χ3n) is 2.85. The van der Waals surface area contributed by atoms with Crippen molar-refractivity contribution in [3.63, 3.8) is 0 Å². The highest BCUT2D eigenvalue weighted by atomic mass is 79.9. The van der Waals surface area contributed by atoms with Crippen LogP contribution in [0.25, 0.3) is 0 Å². The summed E-state index contributed by atoms with van der Waals surface area (Å²) in [4.78, 5) is 0. The summed E-state index contributed by atoms with van der Waals surface area (Å²) in [6, 6.07) is 7.85. The lowest BCUT2D eigenvalue weighted by Gasteiger charge is -2.06. The molecule has 1 N–H and O–H groups in total. The van der Waals surface area contributed by atoms with E-state index in [1.807, 2.05) is 24.3 Å². The number of benzene rings is 1. The van der Waals surface area contributed by atoms with Crippen molar-refractivity contribution >= 4 is 31.9 Å². The number of halogens is 2. The van der Waals surface area contributed by atoms with Crippen molar-refractivity contribution in [3.05, 3.63) is 50.8 Å². The molecule has 114 valence electrons. The third kappa shape index (κ3) is 5.49. The summed E-state index contributed by atoms with van der Waals surface area (Å²) in [5.41, 5.74) is 1.14. The molecular formula is C16H19Br2NO2. The molecule has 0 radical (unpaired) electrons. The first-order valence-corrected chi connectivity index (χ1v) is 8.48. The van der Waals surface area contributed by atoms with Gasteiger partial charge in [0.1, 0.15) is 18.1 Å². The molecule has 21 heavy (non-hydrogen) atoms. The molecule has 0 aliphatic heterocycles. The zero-order valence-corrected chi connectivity index (χ0v) is 15.3. The van der Waals surface area contributed by atoms with Crippen molar-refractivity contribution in [2.24, 2.45) is 5.92 Å². The molecule has 1 aromatic carbocycles. The van der Waals surface area contributed by atoms with E-state index in [0.717, 1.165) is 39.1 Å². The van der Waals surface area contributed by atoms with E-state index < -0.39 is 0 Å². The molecule has 1 heterocycles. The molecule has 0 fully saturated rings. The smallest absolute Gasteiger partial charge is 0.146 e. The highest BCUT2D eigenvalue weighted by molar-refractivity contribution is 9.11. The van der Waals surface area contributed by atoms with E-state index in [2.05, 4.69) is 51.0 Å². The Bertz CT molecular complexity index is 581. The molecule has 0 aliphatic rings. The molecular weight excluding hydrogens is 398 g/mol. The summed E-state index contributed by atoms with van der Waals surface area (Å²) in [5, 5.41) is 3.39. The predicted molar refractivity (Wildman–Crippen MR) is 91.4 cm³/mol. The third-order valence-corrected chi connectivity index (χ3v) is 3.97. The highest BCUT2D eigenvalue weighted by Crippen LogP contribution is 2.28. The quantitative estimate of drug-likeness (QED) is 0.679. The molecule has 0 atom stereocenters. The van der Waals surface area contributed by atoms with E-state index in [1.54, 1.807) is 6.26 Å². The Morgan fingerprint density at radius 1 is 1.24 bits per heavy atom. The molecule has 0 bridgehead atoms. The minimum absolute atomic E-state index is 0.421. The van der Waals surface area contributed by atoms with E-state index in [1.165, 1.54) is 0 Å². The van der Waals surface area contributed by atoms with Gasteiger partial charge < -0.3 is 14.5 Å². The second-order valence-electron chi connectivity index (χ2n) is 5.31. The number of ether oxygens (including phenoxy) is 1. The summed E-state index contributed by atoms with van der Waals surface area (Å²) in [6.45, 7) is 6.63. The topological polar surface area (TPSA) is 34.4 Å². The van der Waals surface area contributed by atoms with Crippen LogP contribution in [0, 0.1) is 5.92 Å². The Kier molecular flexibility index (Phi) is 6.33. The Hall–Kier alpha value is -0.780. The number of hydrogen-bond acceptors (Lipinski definition) is 3. The molecule has 0 saturated carbocycles. The zero-order chi connectivity index (χ0) is 15.2. The van der Waals surface area contributed by atoms with Crippen molar-refractivity contribution < 1.29 is 9.15 Å². The molecule has 2 rings (SSSR count). The fraction of sp³-hybridized carbons (Fsp3) is 0.375. The number of rotatable bonds is 7. The van der Waals surface area contributed by atoms with E-state index in [-0.39, 0.29) is 0 Å². The molecule has 0 saturated heterocycles. The van der Waals surface area contributed by atoms with Crippen LogP contribution < -0.4 is 10.1 Å². The van der Waals surface area contributed by atoms with Crippen LogP contribution in [-0.4, -0.2) is 6.54 Å². The maximum atomic E-state index is 5.75. The van der Waals surface area contributed by atoms with Crippen LogP contribution in [0.3, 0.4) is 0 Å². The van der Waals surface area contributed by atoms with Gasteiger partial charge in [0.25, 0.3) is 0 Å². The van der Waals surface area contributed by atoms with Gasteiger partial charge in [-0.2, -0.15) is 0 Å².